The highest BCUT2D eigenvalue weighted by Gasteiger charge is 2.40. The van der Waals surface area contributed by atoms with Gasteiger partial charge in [-0.2, -0.15) is 0 Å². The summed E-state index contributed by atoms with van der Waals surface area (Å²) in [5.74, 6) is -0.0623. The van der Waals surface area contributed by atoms with Gasteiger partial charge in [-0.1, -0.05) is 6.92 Å². The molecule has 0 spiro atoms. The highest BCUT2D eigenvalue weighted by molar-refractivity contribution is 7.90. The fourth-order valence-electron chi connectivity index (χ4n) is 2.56. The van der Waals surface area contributed by atoms with Crippen LogP contribution in [0.2, 0.25) is 0 Å². The first-order valence-corrected chi connectivity index (χ1v) is 8.22. The van der Waals surface area contributed by atoms with Crippen molar-refractivity contribution in [2.75, 3.05) is 12.0 Å². The van der Waals surface area contributed by atoms with Crippen molar-refractivity contribution in [2.24, 2.45) is 11.3 Å². The lowest BCUT2D eigenvalue weighted by atomic mass is 9.68. The van der Waals surface area contributed by atoms with Gasteiger partial charge in [0.2, 0.25) is 0 Å². The van der Waals surface area contributed by atoms with E-state index in [-0.39, 0.29) is 5.75 Å². The first-order valence-electron chi connectivity index (χ1n) is 6.16. The van der Waals surface area contributed by atoms with Gasteiger partial charge in [0.15, 0.2) is 0 Å². The van der Waals surface area contributed by atoms with Crippen LogP contribution in [0.3, 0.4) is 0 Å². The minimum absolute atomic E-state index is 0.0948. The van der Waals surface area contributed by atoms with E-state index < -0.39 is 21.2 Å². The van der Waals surface area contributed by atoms with Gasteiger partial charge in [-0.25, -0.2) is 8.42 Å². The molecule has 0 aromatic carbocycles. The van der Waals surface area contributed by atoms with E-state index >= 15 is 0 Å². The van der Waals surface area contributed by atoms with Gasteiger partial charge in [-0.15, -0.1) is 0 Å². The minimum atomic E-state index is -2.98. The average molecular weight is 262 g/mol. The lowest BCUT2D eigenvalue weighted by Crippen LogP contribution is -2.35. The Morgan fingerprint density at radius 1 is 1.35 bits per heavy atom. The van der Waals surface area contributed by atoms with Crippen LogP contribution in [0.4, 0.5) is 0 Å². The molecule has 1 fully saturated rings. The summed E-state index contributed by atoms with van der Waals surface area (Å²) in [5.41, 5.74) is -0.669. The Morgan fingerprint density at radius 2 is 1.88 bits per heavy atom. The molecule has 0 heterocycles. The zero-order valence-corrected chi connectivity index (χ0v) is 11.4. The molecule has 4 nitrogen and oxygen atoms in total. The van der Waals surface area contributed by atoms with Crippen molar-refractivity contribution in [3.63, 3.8) is 0 Å². The molecule has 1 aliphatic carbocycles. The Balaban J connectivity index is 2.58. The lowest BCUT2D eigenvalue weighted by molar-refractivity contribution is -0.152. The molecule has 0 aromatic heterocycles. The van der Waals surface area contributed by atoms with Crippen LogP contribution >= 0.6 is 0 Å². The first kappa shape index (κ1) is 14.5. The number of rotatable bonds is 5. The first-order chi connectivity index (χ1) is 7.75. The molecule has 0 aromatic rings. The summed E-state index contributed by atoms with van der Waals surface area (Å²) in [4.78, 5) is 11.4. The Kier molecular flexibility index (Phi) is 4.58. The molecule has 1 saturated carbocycles. The van der Waals surface area contributed by atoms with Crippen LogP contribution < -0.4 is 0 Å². The third kappa shape index (κ3) is 4.30. The Morgan fingerprint density at radius 3 is 2.29 bits per heavy atom. The number of hydrogen-bond acceptors (Lipinski definition) is 3. The van der Waals surface area contributed by atoms with E-state index in [1.807, 2.05) is 0 Å². The van der Waals surface area contributed by atoms with Crippen molar-refractivity contribution in [1.29, 1.82) is 0 Å². The molecule has 0 atom stereocenters. The topological polar surface area (TPSA) is 71.4 Å². The highest BCUT2D eigenvalue weighted by atomic mass is 32.2. The molecule has 5 heteroatoms. The van der Waals surface area contributed by atoms with Crippen molar-refractivity contribution in [3.05, 3.63) is 0 Å². The van der Waals surface area contributed by atoms with Gasteiger partial charge < -0.3 is 5.11 Å². The summed E-state index contributed by atoms with van der Waals surface area (Å²) in [5, 5.41) is 9.36. The van der Waals surface area contributed by atoms with E-state index in [1.54, 1.807) is 0 Å². The SMILES string of the molecule is CC1CCC(CCCS(C)(=O)=O)(C(=O)O)CC1. The second-order valence-electron chi connectivity index (χ2n) is 5.50. The van der Waals surface area contributed by atoms with Gasteiger partial charge in [0, 0.05) is 12.0 Å². The molecule has 0 unspecified atom stereocenters. The molecule has 100 valence electrons. The second-order valence-corrected chi connectivity index (χ2v) is 7.76. The zero-order valence-electron chi connectivity index (χ0n) is 10.6. The van der Waals surface area contributed by atoms with Crippen LogP contribution in [-0.2, 0) is 14.6 Å². The van der Waals surface area contributed by atoms with Crippen LogP contribution in [0.5, 0.6) is 0 Å². The molecule has 0 saturated heterocycles. The summed E-state index contributed by atoms with van der Waals surface area (Å²) < 4.78 is 22.1. The van der Waals surface area contributed by atoms with E-state index in [9.17, 15) is 18.3 Å². The maximum absolute atomic E-state index is 11.4. The van der Waals surface area contributed by atoms with E-state index in [0.717, 1.165) is 12.8 Å². The average Bonchev–Trinajstić information content (AvgIpc) is 2.19. The standard InChI is InChI=1S/C12H22O4S/c1-10-4-7-12(8-5-10,11(13)14)6-3-9-17(2,15)16/h10H,3-9H2,1-2H3,(H,13,14). The summed E-state index contributed by atoms with van der Waals surface area (Å²) in [6.45, 7) is 2.14. The monoisotopic (exact) mass is 262 g/mol. The fraction of sp³-hybridized carbons (Fsp3) is 0.917. The second kappa shape index (κ2) is 5.38. The van der Waals surface area contributed by atoms with Crippen LogP contribution in [0, 0.1) is 11.3 Å². The molecule has 0 amide bonds. The summed E-state index contributed by atoms with van der Waals surface area (Å²) in [7, 11) is -2.98. The number of sulfone groups is 1. The number of hydrogen-bond donors (Lipinski definition) is 1. The van der Waals surface area contributed by atoms with Crippen LogP contribution in [0.15, 0.2) is 0 Å². The van der Waals surface area contributed by atoms with Crippen molar-refractivity contribution in [3.8, 4) is 0 Å². The molecule has 1 rings (SSSR count). The smallest absolute Gasteiger partial charge is 0.309 e. The Bertz CT molecular complexity index is 364. The van der Waals surface area contributed by atoms with Crippen LogP contribution in [0.1, 0.15) is 45.4 Å². The summed E-state index contributed by atoms with van der Waals surface area (Å²) >= 11 is 0. The van der Waals surface area contributed by atoms with Gasteiger partial charge >= 0.3 is 5.97 Å². The van der Waals surface area contributed by atoms with Gasteiger partial charge in [-0.05, 0) is 44.4 Å². The third-order valence-corrected chi connectivity index (χ3v) is 4.89. The van der Waals surface area contributed by atoms with E-state index in [4.69, 9.17) is 0 Å². The molecule has 17 heavy (non-hydrogen) atoms. The number of aliphatic carboxylic acids is 1. The normalized spacial score (nSPS) is 30.1. The van der Waals surface area contributed by atoms with Crippen molar-refractivity contribution in [2.45, 2.75) is 45.4 Å². The van der Waals surface area contributed by atoms with Crippen molar-refractivity contribution < 1.29 is 18.3 Å². The van der Waals surface area contributed by atoms with Crippen LogP contribution in [-0.4, -0.2) is 31.5 Å². The van der Waals surface area contributed by atoms with Crippen molar-refractivity contribution >= 4 is 15.8 Å². The largest absolute Gasteiger partial charge is 0.481 e. The fourth-order valence-corrected chi connectivity index (χ4v) is 3.23. The third-order valence-electron chi connectivity index (χ3n) is 3.86. The Hall–Kier alpha value is -0.580. The molecular formula is C12H22O4S. The van der Waals surface area contributed by atoms with Crippen molar-refractivity contribution in [1.82, 2.24) is 0 Å². The summed E-state index contributed by atoms with van der Waals surface area (Å²) in [6, 6.07) is 0. The molecule has 0 bridgehead atoms. The minimum Gasteiger partial charge on any atom is -0.481 e. The summed E-state index contributed by atoms with van der Waals surface area (Å²) in [6.07, 6.45) is 5.39. The highest BCUT2D eigenvalue weighted by Crippen LogP contribution is 2.42. The van der Waals surface area contributed by atoms with Gasteiger partial charge in [0.1, 0.15) is 9.84 Å². The van der Waals surface area contributed by atoms with E-state index in [0.29, 0.717) is 31.6 Å². The molecular weight excluding hydrogens is 240 g/mol. The van der Waals surface area contributed by atoms with Gasteiger partial charge in [-0.3, -0.25) is 4.79 Å². The quantitative estimate of drug-likeness (QED) is 0.823. The van der Waals surface area contributed by atoms with Crippen LogP contribution in [0.25, 0.3) is 0 Å². The molecule has 0 aliphatic heterocycles. The molecule has 1 aliphatic rings. The zero-order chi connectivity index (χ0) is 13.1. The van der Waals surface area contributed by atoms with E-state index in [2.05, 4.69) is 6.92 Å². The maximum Gasteiger partial charge on any atom is 0.309 e. The van der Waals surface area contributed by atoms with Gasteiger partial charge in [0.05, 0.1) is 5.41 Å². The molecule has 0 radical (unpaired) electrons. The van der Waals surface area contributed by atoms with E-state index in [1.165, 1.54) is 6.26 Å². The number of carbonyl (C=O) groups is 1. The number of carboxylic acid groups (broad SMARTS) is 1. The number of carboxylic acids is 1. The predicted octanol–water partition coefficient (Wildman–Crippen LogP) is 2.09. The predicted molar refractivity (Wildman–Crippen MR) is 66.6 cm³/mol. The lowest BCUT2D eigenvalue weighted by Gasteiger charge is -2.35. The van der Waals surface area contributed by atoms with Gasteiger partial charge in [0.25, 0.3) is 0 Å². The molecule has 1 N–H and O–H groups in total. The maximum atomic E-state index is 11.4. The Labute approximate surface area is 103 Å².